The SMILES string of the molecule is Cc1ccc(-c2cc(C(=O)Nc3ccc(N4CCCC4=O)c(C)c3)c3c(C)noc3n2)cc1. The minimum atomic E-state index is -0.272. The van der Waals surface area contributed by atoms with E-state index in [1.807, 2.05) is 61.2 Å². The summed E-state index contributed by atoms with van der Waals surface area (Å²) in [7, 11) is 0. The third kappa shape index (κ3) is 3.86. The number of rotatable bonds is 4. The predicted molar refractivity (Wildman–Crippen MR) is 127 cm³/mol. The molecular formula is C26H24N4O3. The van der Waals surface area contributed by atoms with Gasteiger partial charge in [-0.2, -0.15) is 0 Å². The first kappa shape index (κ1) is 20.9. The quantitative estimate of drug-likeness (QED) is 0.472. The van der Waals surface area contributed by atoms with E-state index in [0.29, 0.717) is 40.2 Å². The van der Waals surface area contributed by atoms with E-state index in [1.54, 1.807) is 13.0 Å². The zero-order chi connectivity index (χ0) is 23.1. The summed E-state index contributed by atoms with van der Waals surface area (Å²) in [6.45, 7) is 6.49. The van der Waals surface area contributed by atoms with Gasteiger partial charge in [-0.25, -0.2) is 4.98 Å². The number of aromatic nitrogens is 2. The molecule has 2 aromatic heterocycles. The lowest BCUT2D eigenvalue weighted by Gasteiger charge is -2.19. The van der Waals surface area contributed by atoms with E-state index in [9.17, 15) is 9.59 Å². The number of anilines is 2. The summed E-state index contributed by atoms with van der Waals surface area (Å²) < 4.78 is 5.40. The Balaban J connectivity index is 1.49. The fourth-order valence-electron chi connectivity index (χ4n) is 4.28. The standard InChI is InChI=1S/C26H24N4O3/c1-15-6-8-18(9-7-15)21-14-20(24-17(3)29-33-26(24)28-21)25(32)27-19-10-11-22(16(2)13-19)30-12-4-5-23(30)31/h6-11,13-14H,4-5,12H2,1-3H3,(H,27,32). The summed E-state index contributed by atoms with van der Waals surface area (Å²) in [4.78, 5) is 31.8. The van der Waals surface area contributed by atoms with Gasteiger partial charge in [-0.1, -0.05) is 35.0 Å². The van der Waals surface area contributed by atoms with Crippen LogP contribution in [0.3, 0.4) is 0 Å². The molecule has 0 saturated carbocycles. The van der Waals surface area contributed by atoms with Crippen LogP contribution in [0.5, 0.6) is 0 Å². The average molecular weight is 441 g/mol. The Hall–Kier alpha value is -4.00. The molecule has 0 radical (unpaired) electrons. The van der Waals surface area contributed by atoms with Crippen molar-refractivity contribution in [1.29, 1.82) is 0 Å². The van der Waals surface area contributed by atoms with Crippen LogP contribution < -0.4 is 10.2 Å². The van der Waals surface area contributed by atoms with Gasteiger partial charge in [0.15, 0.2) is 0 Å². The van der Waals surface area contributed by atoms with Gasteiger partial charge < -0.3 is 14.7 Å². The number of carbonyl (C=O) groups excluding carboxylic acids is 2. The highest BCUT2D eigenvalue weighted by molar-refractivity contribution is 6.13. The maximum absolute atomic E-state index is 13.3. The van der Waals surface area contributed by atoms with Crippen molar-refractivity contribution < 1.29 is 14.1 Å². The molecule has 4 aromatic rings. The molecule has 3 heterocycles. The number of benzene rings is 2. The smallest absolute Gasteiger partial charge is 0.259 e. The molecule has 0 bridgehead atoms. The molecule has 0 atom stereocenters. The van der Waals surface area contributed by atoms with E-state index in [2.05, 4.69) is 15.5 Å². The van der Waals surface area contributed by atoms with Crippen LogP contribution in [0.1, 0.15) is 40.0 Å². The monoisotopic (exact) mass is 440 g/mol. The number of fused-ring (bicyclic) bond motifs is 1. The first-order chi connectivity index (χ1) is 15.9. The van der Waals surface area contributed by atoms with Crippen LogP contribution in [0.2, 0.25) is 0 Å². The molecule has 1 N–H and O–H groups in total. The third-order valence-corrected chi connectivity index (χ3v) is 6.03. The molecule has 1 saturated heterocycles. The van der Waals surface area contributed by atoms with Gasteiger partial charge in [0.2, 0.25) is 5.91 Å². The number of aryl methyl sites for hydroxylation is 3. The number of amides is 2. The van der Waals surface area contributed by atoms with E-state index in [0.717, 1.165) is 35.3 Å². The second kappa shape index (κ2) is 8.16. The Morgan fingerprint density at radius 1 is 1.06 bits per heavy atom. The number of carbonyl (C=O) groups is 2. The lowest BCUT2D eigenvalue weighted by molar-refractivity contribution is -0.117. The molecule has 2 amide bonds. The third-order valence-electron chi connectivity index (χ3n) is 6.03. The zero-order valence-corrected chi connectivity index (χ0v) is 18.8. The molecule has 5 rings (SSSR count). The minimum Gasteiger partial charge on any atom is -0.335 e. The highest BCUT2D eigenvalue weighted by atomic mass is 16.5. The number of nitrogens with zero attached hydrogens (tertiary/aromatic N) is 3. The van der Waals surface area contributed by atoms with Gasteiger partial charge in [0, 0.05) is 29.9 Å². The normalized spacial score (nSPS) is 13.7. The lowest BCUT2D eigenvalue weighted by atomic mass is 10.0. The van der Waals surface area contributed by atoms with Crippen LogP contribution in [-0.2, 0) is 4.79 Å². The van der Waals surface area contributed by atoms with E-state index in [-0.39, 0.29) is 11.8 Å². The average Bonchev–Trinajstić information content (AvgIpc) is 3.39. The van der Waals surface area contributed by atoms with E-state index in [4.69, 9.17) is 4.52 Å². The summed E-state index contributed by atoms with van der Waals surface area (Å²) in [5, 5.41) is 7.60. The Bertz CT molecular complexity index is 1390. The van der Waals surface area contributed by atoms with Crippen molar-refractivity contribution in [2.75, 3.05) is 16.8 Å². The van der Waals surface area contributed by atoms with Crippen LogP contribution in [-0.4, -0.2) is 28.5 Å². The molecule has 166 valence electrons. The zero-order valence-electron chi connectivity index (χ0n) is 18.8. The molecule has 7 nitrogen and oxygen atoms in total. The van der Waals surface area contributed by atoms with Crippen molar-refractivity contribution in [2.45, 2.75) is 33.6 Å². The van der Waals surface area contributed by atoms with Gasteiger partial charge in [0.25, 0.3) is 11.6 Å². The van der Waals surface area contributed by atoms with Gasteiger partial charge in [0.1, 0.15) is 0 Å². The molecule has 7 heteroatoms. The Morgan fingerprint density at radius 2 is 1.85 bits per heavy atom. The van der Waals surface area contributed by atoms with Crippen LogP contribution >= 0.6 is 0 Å². The van der Waals surface area contributed by atoms with Crippen LogP contribution in [0, 0.1) is 20.8 Å². The number of pyridine rings is 1. The molecule has 33 heavy (non-hydrogen) atoms. The lowest BCUT2D eigenvalue weighted by Crippen LogP contribution is -2.24. The molecule has 0 unspecified atom stereocenters. The van der Waals surface area contributed by atoms with E-state index < -0.39 is 0 Å². The van der Waals surface area contributed by atoms with E-state index in [1.165, 1.54) is 0 Å². The number of hydrogen-bond donors (Lipinski definition) is 1. The maximum Gasteiger partial charge on any atom is 0.259 e. The molecule has 2 aromatic carbocycles. The molecule has 1 fully saturated rings. The largest absolute Gasteiger partial charge is 0.335 e. The number of hydrogen-bond acceptors (Lipinski definition) is 5. The summed E-state index contributed by atoms with van der Waals surface area (Å²) in [6.07, 6.45) is 1.45. The van der Waals surface area contributed by atoms with Crippen LogP contribution in [0.15, 0.2) is 53.1 Å². The number of nitrogens with one attached hydrogen (secondary N) is 1. The highest BCUT2D eigenvalue weighted by Crippen LogP contribution is 2.30. The maximum atomic E-state index is 13.3. The van der Waals surface area contributed by atoms with Crippen LogP contribution in [0.4, 0.5) is 11.4 Å². The molecule has 1 aliphatic heterocycles. The summed E-state index contributed by atoms with van der Waals surface area (Å²) >= 11 is 0. The summed E-state index contributed by atoms with van der Waals surface area (Å²) in [5.41, 5.74) is 6.54. The minimum absolute atomic E-state index is 0.139. The van der Waals surface area contributed by atoms with Crippen molar-refractivity contribution in [3.8, 4) is 11.3 Å². The Labute approximate surface area is 191 Å². The van der Waals surface area contributed by atoms with Crippen molar-refractivity contribution in [3.05, 3.63) is 70.9 Å². The van der Waals surface area contributed by atoms with Crippen molar-refractivity contribution in [1.82, 2.24) is 10.1 Å². The first-order valence-electron chi connectivity index (χ1n) is 11.0. The second-order valence-corrected chi connectivity index (χ2v) is 8.47. The molecule has 1 aliphatic rings. The van der Waals surface area contributed by atoms with Gasteiger partial charge in [-0.05, 0) is 57.0 Å². The summed E-state index contributed by atoms with van der Waals surface area (Å²) in [5.74, 6) is -0.132. The fraction of sp³-hybridized carbons (Fsp3) is 0.231. The van der Waals surface area contributed by atoms with Gasteiger partial charge in [0.05, 0.1) is 22.3 Å². The molecule has 0 aliphatic carbocycles. The topological polar surface area (TPSA) is 88.3 Å². The molecular weight excluding hydrogens is 416 g/mol. The fourth-order valence-corrected chi connectivity index (χ4v) is 4.28. The van der Waals surface area contributed by atoms with Gasteiger partial charge in [-0.3, -0.25) is 9.59 Å². The van der Waals surface area contributed by atoms with Crippen LogP contribution in [0.25, 0.3) is 22.4 Å². The first-order valence-corrected chi connectivity index (χ1v) is 11.0. The second-order valence-electron chi connectivity index (χ2n) is 8.47. The molecule has 0 spiro atoms. The van der Waals surface area contributed by atoms with Gasteiger partial charge >= 0.3 is 0 Å². The van der Waals surface area contributed by atoms with E-state index >= 15 is 0 Å². The van der Waals surface area contributed by atoms with Gasteiger partial charge in [-0.15, -0.1) is 0 Å². The summed E-state index contributed by atoms with van der Waals surface area (Å²) in [6, 6.07) is 15.3. The Kier molecular flexibility index (Phi) is 5.17. The van der Waals surface area contributed by atoms with Crippen molar-refractivity contribution in [3.63, 3.8) is 0 Å². The predicted octanol–water partition coefficient (Wildman–Crippen LogP) is 5.19. The Morgan fingerprint density at radius 3 is 2.55 bits per heavy atom. The highest BCUT2D eigenvalue weighted by Gasteiger charge is 2.24. The van der Waals surface area contributed by atoms with Crippen molar-refractivity contribution >= 4 is 34.3 Å². The van der Waals surface area contributed by atoms with Crippen molar-refractivity contribution in [2.24, 2.45) is 0 Å².